The molecule has 1 aliphatic heterocycles. The van der Waals surface area contributed by atoms with Crippen LogP contribution in [0.4, 0.5) is 15.3 Å². The van der Waals surface area contributed by atoms with E-state index in [1.807, 2.05) is 31.2 Å². The van der Waals surface area contributed by atoms with E-state index in [2.05, 4.69) is 21.0 Å². The highest BCUT2D eigenvalue weighted by atomic mass is 16.2. The topological polar surface area (TPSA) is 108 Å². The number of carbonyl (C=O) groups excluding carboxylic acids is 3. The summed E-state index contributed by atoms with van der Waals surface area (Å²) in [4.78, 5) is 38.2. The van der Waals surface area contributed by atoms with Crippen LogP contribution in [0, 0.1) is 6.92 Å². The lowest BCUT2D eigenvalue weighted by Crippen LogP contribution is -2.44. The van der Waals surface area contributed by atoms with E-state index in [9.17, 15) is 14.4 Å². The van der Waals surface area contributed by atoms with Crippen LogP contribution < -0.4 is 16.0 Å². The number of nitrogens with one attached hydrogen (secondary N) is 3. The van der Waals surface area contributed by atoms with Crippen LogP contribution in [0.2, 0.25) is 0 Å². The summed E-state index contributed by atoms with van der Waals surface area (Å²) in [7, 11) is 0. The standard InChI is InChI=1S/C21H26N6O3/c1-15-8-12-23-27(15)17-7-4-6-16(14-17)24-19(29)22-11-5-13-26-18(28)21(25-20(26)30)9-2-3-10-21/h4,6-8,12,14H,2-3,5,9-11,13H2,1H3,(H,25,30)(H2,22,24,29). The molecular formula is C21H26N6O3. The van der Waals surface area contributed by atoms with Gasteiger partial charge in [0.1, 0.15) is 5.54 Å². The zero-order valence-corrected chi connectivity index (χ0v) is 17.0. The van der Waals surface area contributed by atoms with Gasteiger partial charge in [-0.1, -0.05) is 18.9 Å². The van der Waals surface area contributed by atoms with Crippen molar-refractivity contribution >= 4 is 23.7 Å². The van der Waals surface area contributed by atoms with E-state index in [-0.39, 0.29) is 18.0 Å². The third-order valence-electron chi connectivity index (χ3n) is 5.73. The Kier molecular flexibility index (Phi) is 5.43. The van der Waals surface area contributed by atoms with Crippen molar-refractivity contribution in [1.82, 2.24) is 25.3 Å². The lowest BCUT2D eigenvalue weighted by atomic mass is 9.98. The molecule has 0 bridgehead atoms. The Balaban J connectivity index is 1.25. The van der Waals surface area contributed by atoms with Crippen molar-refractivity contribution in [3.05, 3.63) is 42.2 Å². The van der Waals surface area contributed by atoms with Gasteiger partial charge in [-0.2, -0.15) is 5.10 Å². The lowest BCUT2D eigenvalue weighted by molar-refractivity contribution is -0.131. The monoisotopic (exact) mass is 410 g/mol. The molecule has 30 heavy (non-hydrogen) atoms. The Bertz CT molecular complexity index is 963. The molecule has 0 radical (unpaired) electrons. The summed E-state index contributed by atoms with van der Waals surface area (Å²) in [5, 5.41) is 12.7. The zero-order valence-electron chi connectivity index (χ0n) is 17.0. The van der Waals surface area contributed by atoms with Crippen LogP contribution in [-0.2, 0) is 4.79 Å². The molecule has 2 fully saturated rings. The van der Waals surface area contributed by atoms with E-state index in [0.29, 0.717) is 38.0 Å². The first-order valence-corrected chi connectivity index (χ1v) is 10.3. The number of carbonyl (C=O) groups is 3. The number of hydrogen-bond acceptors (Lipinski definition) is 4. The van der Waals surface area contributed by atoms with Crippen LogP contribution in [-0.4, -0.2) is 51.3 Å². The second kappa shape index (κ2) is 8.17. The summed E-state index contributed by atoms with van der Waals surface area (Å²) in [5.41, 5.74) is 1.82. The van der Waals surface area contributed by atoms with Gasteiger partial charge in [-0.3, -0.25) is 9.69 Å². The molecule has 2 aromatic rings. The molecular weight excluding hydrogens is 384 g/mol. The molecule has 158 valence electrons. The van der Waals surface area contributed by atoms with Crippen LogP contribution in [0.15, 0.2) is 36.5 Å². The van der Waals surface area contributed by atoms with Gasteiger partial charge in [0.05, 0.1) is 5.69 Å². The average molecular weight is 410 g/mol. The minimum absolute atomic E-state index is 0.125. The van der Waals surface area contributed by atoms with Gasteiger partial charge in [0.25, 0.3) is 5.91 Å². The van der Waals surface area contributed by atoms with Gasteiger partial charge in [-0.15, -0.1) is 0 Å². The van der Waals surface area contributed by atoms with Crippen molar-refractivity contribution < 1.29 is 14.4 Å². The fourth-order valence-electron chi connectivity index (χ4n) is 4.17. The van der Waals surface area contributed by atoms with Gasteiger partial charge < -0.3 is 16.0 Å². The van der Waals surface area contributed by atoms with Crippen LogP contribution in [0.1, 0.15) is 37.8 Å². The van der Waals surface area contributed by atoms with Crippen LogP contribution in [0.5, 0.6) is 0 Å². The molecule has 1 saturated heterocycles. The van der Waals surface area contributed by atoms with Crippen molar-refractivity contribution in [3.63, 3.8) is 0 Å². The molecule has 0 unspecified atom stereocenters. The molecule has 3 N–H and O–H groups in total. The predicted octanol–water partition coefficient (Wildman–Crippen LogP) is 2.56. The minimum atomic E-state index is -0.681. The number of rotatable bonds is 6. The molecule has 1 aliphatic carbocycles. The maximum Gasteiger partial charge on any atom is 0.325 e. The number of aryl methyl sites for hydroxylation is 1. The van der Waals surface area contributed by atoms with E-state index in [1.165, 1.54) is 4.90 Å². The third kappa shape index (κ3) is 3.87. The first-order chi connectivity index (χ1) is 14.5. The van der Waals surface area contributed by atoms with Crippen molar-refractivity contribution in [2.45, 2.75) is 44.6 Å². The van der Waals surface area contributed by atoms with E-state index < -0.39 is 5.54 Å². The summed E-state index contributed by atoms with van der Waals surface area (Å²) in [6.07, 6.45) is 5.57. The molecule has 9 nitrogen and oxygen atoms in total. The Morgan fingerprint density at radius 2 is 2.03 bits per heavy atom. The molecule has 2 heterocycles. The van der Waals surface area contributed by atoms with Crippen LogP contribution in [0.3, 0.4) is 0 Å². The number of hydrogen-bond donors (Lipinski definition) is 3. The van der Waals surface area contributed by atoms with Gasteiger partial charge in [0, 0.05) is 30.7 Å². The van der Waals surface area contributed by atoms with E-state index in [4.69, 9.17) is 0 Å². The highest BCUT2D eigenvalue weighted by Gasteiger charge is 2.51. The molecule has 0 atom stereocenters. The maximum absolute atomic E-state index is 12.6. The number of nitrogens with zero attached hydrogens (tertiary/aromatic N) is 3. The predicted molar refractivity (Wildman–Crippen MR) is 111 cm³/mol. The van der Waals surface area contributed by atoms with Crippen molar-refractivity contribution in [2.24, 2.45) is 0 Å². The Morgan fingerprint density at radius 1 is 1.23 bits per heavy atom. The second-order valence-electron chi connectivity index (χ2n) is 7.85. The minimum Gasteiger partial charge on any atom is -0.338 e. The zero-order chi connectivity index (χ0) is 21.1. The van der Waals surface area contributed by atoms with E-state index >= 15 is 0 Å². The largest absolute Gasteiger partial charge is 0.338 e. The molecule has 2 aliphatic rings. The highest BCUT2D eigenvalue weighted by molar-refractivity contribution is 6.07. The number of anilines is 1. The molecule has 1 spiro atoms. The molecule has 4 rings (SSSR count). The molecule has 5 amide bonds. The van der Waals surface area contributed by atoms with Gasteiger partial charge in [0.15, 0.2) is 0 Å². The molecule has 1 aromatic heterocycles. The van der Waals surface area contributed by atoms with Crippen molar-refractivity contribution in [3.8, 4) is 5.69 Å². The van der Waals surface area contributed by atoms with Crippen LogP contribution in [0.25, 0.3) is 5.69 Å². The number of urea groups is 2. The van der Waals surface area contributed by atoms with Gasteiger partial charge in [-0.25, -0.2) is 14.3 Å². The second-order valence-corrected chi connectivity index (χ2v) is 7.85. The maximum atomic E-state index is 12.6. The van der Waals surface area contributed by atoms with Crippen LogP contribution >= 0.6 is 0 Å². The SMILES string of the molecule is Cc1ccnn1-c1cccc(NC(=O)NCCCN2C(=O)NC3(CCCC3)C2=O)c1. The number of amides is 5. The molecule has 1 aromatic carbocycles. The normalized spacial score (nSPS) is 17.4. The van der Waals surface area contributed by atoms with Crippen molar-refractivity contribution in [2.75, 3.05) is 18.4 Å². The number of aromatic nitrogens is 2. The Labute approximate surface area is 174 Å². The number of benzene rings is 1. The van der Waals surface area contributed by atoms with Gasteiger partial charge in [0.2, 0.25) is 0 Å². The summed E-state index contributed by atoms with van der Waals surface area (Å²) in [6, 6.07) is 8.66. The third-order valence-corrected chi connectivity index (χ3v) is 5.73. The Morgan fingerprint density at radius 3 is 2.77 bits per heavy atom. The summed E-state index contributed by atoms with van der Waals surface area (Å²) in [5.74, 6) is -0.125. The molecule has 9 heteroatoms. The Hall–Kier alpha value is -3.36. The van der Waals surface area contributed by atoms with E-state index in [0.717, 1.165) is 24.2 Å². The van der Waals surface area contributed by atoms with Crippen molar-refractivity contribution in [1.29, 1.82) is 0 Å². The summed E-state index contributed by atoms with van der Waals surface area (Å²) >= 11 is 0. The van der Waals surface area contributed by atoms with E-state index in [1.54, 1.807) is 16.9 Å². The highest BCUT2D eigenvalue weighted by Crippen LogP contribution is 2.34. The summed E-state index contributed by atoms with van der Waals surface area (Å²) in [6.45, 7) is 2.61. The summed E-state index contributed by atoms with van der Waals surface area (Å²) < 4.78 is 1.79. The lowest BCUT2D eigenvalue weighted by Gasteiger charge is -2.20. The smallest absolute Gasteiger partial charge is 0.325 e. The van der Waals surface area contributed by atoms with Gasteiger partial charge >= 0.3 is 12.1 Å². The fraction of sp³-hybridized carbons (Fsp3) is 0.429. The first-order valence-electron chi connectivity index (χ1n) is 10.3. The fourth-order valence-corrected chi connectivity index (χ4v) is 4.17. The average Bonchev–Trinajstić information content (AvgIpc) is 3.42. The first kappa shape index (κ1) is 19.9. The number of imide groups is 1. The quantitative estimate of drug-likeness (QED) is 0.502. The molecule has 1 saturated carbocycles. The van der Waals surface area contributed by atoms with Gasteiger partial charge in [-0.05, 0) is 50.5 Å².